The fraction of sp³-hybridized carbons (Fsp3) is 0.417. The Morgan fingerprint density at radius 2 is 2.12 bits per heavy atom. The first-order valence-electron chi connectivity index (χ1n) is 5.36. The largest absolute Gasteiger partial charge is 0.352 e. The van der Waals surface area contributed by atoms with Gasteiger partial charge in [0.05, 0.1) is 0 Å². The Morgan fingerprint density at radius 3 is 2.71 bits per heavy atom. The van der Waals surface area contributed by atoms with E-state index < -0.39 is 0 Å². The molecule has 0 aromatic heterocycles. The van der Waals surface area contributed by atoms with Gasteiger partial charge in [0, 0.05) is 23.5 Å². The number of benzene rings is 1. The molecule has 1 aromatic rings. The van der Waals surface area contributed by atoms with Gasteiger partial charge in [-0.1, -0.05) is 34.1 Å². The van der Waals surface area contributed by atoms with Crippen molar-refractivity contribution in [2.45, 2.75) is 25.8 Å². The summed E-state index contributed by atoms with van der Waals surface area (Å²) in [6, 6.07) is 7.98. The van der Waals surface area contributed by atoms with Crippen molar-refractivity contribution in [3.05, 3.63) is 34.3 Å². The van der Waals surface area contributed by atoms with E-state index in [2.05, 4.69) is 21.2 Å². The minimum Gasteiger partial charge on any atom is -0.352 e. The van der Waals surface area contributed by atoms with Crippen molar-refractivity contribution in [2.24, 2.45) is 5.73 Å². The molecule has 3 nitrogen and oxygen atoms in total. The van der Waals surface area contributed by atoms with Crippen LogP contribution in [0, 0.1) is 0 Å². The summed E-state index contributed by atoms with van der Waals surface area (Å²) in [5.74, 6) is 0.0497. The van der Waals surface area contributed by atoms with Gasteiger partial charge in [-0.25, -0.2) is 0 Å². The maximum absolute atomic E-state index is 11.5. The highest BCUT2D eigenvalue weighted by molar-refractivity contribution is 9.10. The zero-order valence-corrected chi connectivity index (χ0v) is 12.2. The van der Waals surface area contributed by atoms with E-state index in [4.69, 9.17) is 5.73 Å². The number of hydrogen-bond acceptors (Lipinski definition) is 2. The van der Waals surface area contributed by atoms with Gasteiger partial charge in [-0.05, 0) is 25.0 Å². The monoisotopic (exact) mass is 320 g/mol. The molecule has 1 atom stereocenters. The quantitative estimate of drug-likeness (QED) is 0.874. The molecule has 0 unspecified atom stereocenters. The summed E-state index contributed by atoms with van der Waals surface area (Å²) in [5.41, 5.74) is 6.58. The highest BCUT2D eigenvalue weighted by atomic mass is 79.9. The number of carbonyl (C=O) groups excluding carboxylic acids is 1. The van der Waals surface area contributed by atoms with Gasteiger partial charge < -0.3 is 11.1 Å². The number of halogens is 2. The van der Waals surface area contributed by atoms with Gasteiger partial charge in [-0.3, -0.25) is 4.79 Å². The normalized spacial score (nSPS) is 11.5. The Balaban J connectivity index is 0.00000256. The summed E-state index contributed by atoms with van der Waals surface area (Å²) >= 11 is 3.46. The standard InChI is InChI=1S/C12H17BrN2O.ClH/c1-9(8-14)15-12(16)7-6-10-4-2-3-5-11(10)13;/h2-5,9H,6-8,14H2,1H3,(H,15,16);1H/t9-;/m0./s1. The number of aryl methyl sites for hydroxylation is 1. The Hall–Kier alpha value is -0.580. The van der Waals surface area contributed by atoms with Crippen LogP contribution in [0.15, 0.2) is 28.7 Å². The van der Waals surface area contributed by atoms with Crippen LogP contribution in [0.4, 0.5) is 0 Å². The second kappa shape index (κ2) is 8.50. The summed E-state index contributed by atoms with van der Waals surface area (Å²) in [6.07, 6.45) is 1.23. The third kappa shape index (κ3) is 6.05. The zero-order valence-electron chi connectivity index (χ0n) is 9.78. The molecule has 1 rings (SSSR count). The second-order valence-corrected chi connectivity index (χ2v) is 4.65. The fourth-order valence-electron chi connectivity index (χ4n) is 1.36. The molecule has 0 aliphatic heterocycles. The summed E-state index contributed by atoms with van der Waals surface area (Å²) < 4.78 is 1.05. The van der Waals surface area contributed by atoms with Crippen LogP contribution in [0.3, 0.4) is 0 Å². The first-order valence-corrected chi connectivity index (χ1v) is 6.15. The van der Waals surface area contributed by atoms with Crippen LogP contribution in [0.2, 0.25) is 0 Å². The number of hydrogen-bond donors (Lipinski definition) is 2. The van der Waals surface area contributed by atoms with Gasteiger partial charge in [-0.2, -0.15) is 0 Å². The summed E-state index contributed by atoms with van der Waals surface area (Å²) in [4.78, 5) is 11.5. The molecule has 5 heteroatoms. The molecule has 0 saturated heterocycles. The molecule has 0 heterocycles. The molecule has 1 aromatic carbocycles. The van der Waals surface area contributed by atoms with E-state index in [0.717, 1.165) is 16.5 Å². The van der Waals surface area contributed by atoms with E-state index in [-0.39, 0.29) is 24.4 Å². The van der Waals surface area contributed by atoms with Gasteiger partial charge >= 0.3 is 0 Å². The topological polar surface area (TPSA) is 55.1 Å². The molecular weight excluding hydrogens is 304 g/mol. The Morgan fingerprint density at radius 1 is 1.47 bits per heavy atom. The Bertz CT molecular complexity index is 360. The number of carbonyl (C=O) groups is 1. The van der Waals surface area contributed by atoms with E-state index in [9.17, 15) is 4.79 Å². The van der Waals surface area contributed by atoms with E-state index in [1.54, 1.807) is 0 Å². The number of rotatable bonds is 5. The molecule has 0 saturated carbocycles. The van der Waals surface area contributed by atoms with Gasteiger partial charge in [0.25, 0.3) is 0 Å². The molecule has 0 aliphatic rings. The van der Waals surface area contributed by atoms with Crippen LogP contribution in [-0.2, 0) is 11.2 Å². The van der Waals surface area contributed by atoms with Crippen LogP contribution in [0.25, 0.3) is 0 Å². The summed E-state index contributed by atoms with van der Waals surface area (Å²) in [7, 11) is 0. The molecule has 0 aliphatic carbocycles. The molecular formula is C12H18BrClN2O. The molecule has 3 N–H and O–H groups in total. The van der Waals surface area contributed by atoms with Crippen LogP contribution < -0.4 is 11.1 Å². The number of amides is 1. The molecule has 0 fully saturated rings. The number of nitrogens with two attached hydrogens (primary N) is 1. The average molecular weight is 322 g/mol. The highest BCUT2D eigenvalue weighted by Gasteiger charge is 2.06. The molecule has 0 radical (unpaired) electrons. The minimum atomic E-state index is 0. The van der Waals surface area contributed by atoms with Crippen molar-refractivity contribution in [3.8, 4) is 0 Å². The van der Waals surface area contributed by atoms with Crippen LogP contribution >= 0.6 is 28.3 Å². The maximum Gasteiger partial charge on any atom is 0.220 e. The lowest BCUT2D eigenvalue weighted by molar-refractivity contribution is -0.121. The van der Waals surface area contributed by atoms with Gasteiger partial charge in [0.2, 0.25) is 5.91 Å². The number of nitrogens with one attached hydrogen (secondary N) is 1. The van der Waals surface area contributed by atoms with Crippen molar-refractivity contribution >= 4 is 34.2 Å². The zero-order chi connectivity index (χ0) is 12.0. The Labute approximate surface area is 117 Å². The van der Waals surface area contributed by atoms with Crippen molar-refractivity contribution in [1.82, 2.24) is 5.32 Å². The van der Waals surface area contributed by atoms with Crippen molar-refractivity contribution in [2.75, 3.05) is 6.54 Å². The SMILES string of the molecule is C[C@@H](CN)NC(=O)CCc1ccccc1Br.Cl. The highest BCUT2D eigenvalue weighted by Crippen LogP contribution is 2.17. The van der Waals surface area contributed by atoms with Gasteiger partial charge in [0.1, 0.15) is 0 Å². The van der Waals surface area contributed by atoms with E-state index >= 15 is 0 Å². The maximum atomic E-state index is 11.5. The first kappa shape index (κ1) is 16.4. The van der Waals surface area contributed by atoms with Crippen molar-refractivity contribution in [3.63, 3.8) is 0 Å². The lowest BCUT2D eigenvalue weighted by Gasteiger charge is -2.11. The third-order valence-corrected chi connectivity index (χ3v) is 3.11. The third-order valence-electron chi connectivity index (χ3n) is 2.34. The van der Waals surface area contributed by atoms with Crippen molar-refractivity contribution in [1.29, 1.82) is 0 Å². The van der Waals surface area contributed by atoms with Gasteiger partial charge in [-0.15, -0.1) is 12.4 Å². The van der Waals surface area contributed by atoms with E-state index in [0.29, 0.717) is 13.0 Å². The van der Waals surface area contributed by atoms with Crippen molar-refractivity contribution < 1.29 is 4.79 Å². The van der Waals surface area contributed by atoms with E-state index in [1.165, 1.54) is 0 Å². The van der Waals surface area contributed by atoms with Crippen LogP contribution in [-0.4, -0.2) is 18.5 Å². The molecule has 0 spiro atoms. The lowest BCUT2D eigenvalue weighted by atomic mass is 10.1. The van der Waals surface area contributed by atoms with E-state index in [1.807, 2.05) is 31.2 Å². The van der Waals surface area contributed by atoms with Gasteiger partial charge in [0.15, 0.2) is 0 Å². The fourth-order valence-corrected chi connectivity index (χ4v) is 1.84. The predicted octanol–water partition coefficient (Wildman–Crippen LogP) is 2.27. The second-order valence-electron chi connectivity index (χ2n) is 3.80. The molecule has 96 valence electrons. The average Bonchev–Trinajstić information content (AvgIpc) is 2.28. The minimum absolute atomic E-state index is 0. The molecule has 1 amide bonds. The summed E-state index contributed by atoms with van der Waals surface area (Å²) in [6.45, 7) is 2.37. The predicted molar refractivity (Wildman–Crippen MR) is 76.4 cm³/mol. The molecule has 17 heavy (non-hydrogen) atoms. The first-order chi connectivity index (χ1) is 7.63. The van der Waals surface area contributed by atoms with Crippen LogP contribution in [0.5, 0.6) is 0 Å². The molecule has 0 bridgehead atoms. The Kier molecular flexibility index (Phi) is 8.21. The summed E-state index contributed by atoms with van der Waals surface area (Å²) in [5, 5.41) is 2.84. The lowest BCUT2D eigenvalue weighted by Crippen LogP contribution is -2.37. The van der Waals surface area contributed by atoms with Crippen LogP contribution in [0.1, 0.15) is 18.9 Å². The smallest absolute Gasteiger partial charge is 0.220 e.